The lowest BCUT2D eigenvalue weighted by Crippen LogP contribution is -2.09. The van der Waals surface area contributed by atoms with Gasteiger partial charge >= 0.3 is 0 Å². The van der Waals surface area contributed by atoms with Gasteiger partial charge in [-0.15, -0.1) is 0 Å². The first-order valence-corrected chi connectivity index (χ1v) is 9.21. The summed E-state index contributed by atoms with van der Waals surface area (Å²) in [5.74, 6) is 1.45. The largest absolute Gasteiger partial charge is 0.496 e. The van der Waals surface area contributed by atoms with Crippen LogP contribution in [0.5, 0.6) is 5.75 Å². The maximum atomic E-state index is 5.69. The van der Waals surface area contributed by atoms with Crippen LogP contribution in [0.3, 0.4) is 0 Å². The number of nitrogens with one attached hydrogen (secondary N) is 1. The Morgan fingerprint density at radius 2 is 1.92 bits per heavy atom. The van der Waals surface area contributed by atoms with Crippen molar-refractivity contribution in [2.75, 3.05) is 7.11 Å². The Kier molecular flexibility index (Phi) is 3.63. The van der Waals surface area contributed by atoms with Crippen molar-refractivity contribution in [1.29, 1.82) is 0 Å². The van der Waals surface area contributed by atoms with Gasteiger partial charge in [-0.1, -0.05) is 48.9 Å². The van der Waals surface area contributed by atoms with Gasteiger partial charge in [-0.25, -0.2) is 4.98 Å². The molecule has 0 saturated heterocycles. The Morgan fingerprint density at radius 1 is 1.08 bits per heavy atom. The van der Waals surface area contributed by atoms with Gasteiger partial charge in [0.25, 0.3) is 0 Å². The SMILES string of the molecule is COc1cc(Cc2ccc3ccccc3c2)nc2n[nH]c(C3CCC3)c12. The molecule has 0 amide bonds. The number of hydrogen-bond acceptors (Lipinski definition) is 3. The van der Waals surface area contributed by atoms with Crippen LogP contribution in [-0.4, -0.2) is 22.3 Å². The third kappa shape index (κ3) is 2.53. The average molecular weight is 343 g/mol. The van der Waals surface area contributed by atoms with Crippen LogP contribution < -0.4 is 4.74 Å². The number of hydrogen-bond donors (Lipinski definition) is 1. The monoisotopic (exact) mass is 343 g/mol. The summed E-state index contributed by atoms with van der Waals surface area (Å²) in [5.41, 5.74) is 4.18. The molecule has 26 heavy (non-hydrogen) atoms. The van der Waals surface area contributed by atoms with E-state index in [1.165, 1.54) is 41.3 Å². The molecular formula is C22H21N3O. The highest BCUT2D eigenvalue weighted by Gasteiger charge is 2.26. The predicted octanol–water partition coefficient (Wildman–Crippen LogP) is 4.98. The van der Waals surface area contributed by atoms with Gasteiger partial charge in [0, 0.05) is 18.4 Å². The topological polar surface area (TPSA) is 50.8 Å². The van der Waals surface area contributed by atoms with E-state index in [9.17, 15) is 0 Å². The molecule has 4 aromatic rings. The smallest absolute Gasteiger partial charge is 0.185 e. The van der Waals surface area contributed by atoms with Crippen LogP contribution in [0.15, 0.2) is 48.5 Å². The molecule has 2 aromatic carbocycles. The molecule has 0 radical (unpaired) electrons. The van der Waals surface area contributed by atoms with Crippen molar-refractivity contribution < 1.29 is 4.74 Å². The fourth-order valence-corrected chi connectivity index (χ4v) is 3.86. The van der Waals surface area contributed by atoms with Crippen LogP contribution in [0.2, 0.25) is 0 Å². The number of nitrogens with zero attached hydrogens (tertiary/aromatic N) is 2. The van der Waals surface area contributed by atoms with Crippen molar-refractivity contribution in [3.05, 3.63) is 65.5 Å². The summed E-state index contributed by atoms with van der Waals surface area (Å²) in [5, 5.41) is 11.2. The van der Waals surface area contributed by atoms with Crippen LogP contribution >= 0.6 is 0 Å². The van der Waals surface area contributed by atoms with Crippen molar-refractivity contribution in [3.63, 3.8) is 0 Å². The van der Waals surface area contributed by atoms with Crippen LogP contribution in [0, 0.1) is 0 Å². The zero-order valence-electron chi connectivity index (χ0n) is 14.8. The first kappa shape index (κ1) is 15.4. The number of aromatic amines is 1. The molecule has 1 saturated carbocycles. The van der Waals surface area contributed by atoms with E-state index < -0.39 is 0 Å². The minimum Gasteiger partial charge on any atom is -0.496 e. The number of benzene rings is 2. The molecule has 0 spiro atoms. The quantitative estimate of drug-likeness (QED) is 0.569. The highest BCUT2D eigenvalue weighted by molar-refractivity contribution is 5.86. The van der Waals surface area contributed by atoms with E-state index >= 15 is 0 Å². The van der Waals surface area contributed by atoms with Gasteiger partial charge < -0.3 is 4.74 Å². The molecule has 5 rings (SSSR count). The molecule has 0 bridgehead atoms. The molecule has 1 aliphatic rings. The van der Waals surface area contributed by atoms with E-state index in [1.54, 1.807) is 7.11 Å². The second-order valence-corrected chi connectivity index (χ2v) is 7.14. The number of ether oxygens (including phenoxy) is 1. The van der Waals surface area contributed by atoms with Gasteiger partial charge in [0.1, 0.15) is 5.75 Å². The minimum absolute atomic E-state index is 0.571. The summed E-state index contributed by atoms with van der Waals surface area (Å²) in [4.78, 5) is 4.80. The van der Waals surface area contributed by atoms with Gasteiger partial charge in [-0.3, -0.25) is 5.10 Å². The summed E-state index contributed by atoms with van der Waals surface area (Å²) in [6, 6.07) is 17.1. The summed E-state index contributed by atoms with van der Waals surface area (Å²) < 4.78 is 5.69. The number of aromatic nitrogens is 3. The Hall–Kier alpha value is -2.88. The Bertz CT molecular complexity index is 1100. The van der Waals surface area contributed by atoms with E-state index in [0.717, 1.165) is 28.9 Å². The Labute approximate surface area is 152 Å². The third-order valence-electron chi connectivity index (χ3n) is 5.50. The van der Waals surface area contributed by atoms with Gasteiger partial charge in [-0.05, 0) is 29.2 Å². The molecule has 130 valence electrons. The van der Waals surface area contributed by atoms with Gasteiger partial charge in [0.2, 0.25) is 0 Å². The van der Waals surface area contributed by atoms with Crippen LogP contribution in [0.1, 0.15) is 42.1 Å². The van der Waals surface area contributed by atoms with E-state index in [-0.39, 0.29) is 0 Å². The summed E-state index contributed by atoms with van der Waals surface area (Å²) in [6.45, 7) is 0. The first-order chi connectivity index (χ1) is 12.8. The molecule has 2 aromatic heterocycles. The van der Waals surface area contributed by atoms with E-state index in [0.29, 0.717) is 5.92 Å². The van der Waals surface area contributed by atoms with E-state index in [1.807, 2.05) is 0 Å². The van der Waals surface area contributed by atoms with Crippen LogP contribution in [0.4, 0.5) is 0 Å². The molecule has 2 heterocycles. The number of fused-ring (bicyclic) bond motifs is 2. The molecule has 1 aliphatic carbocycles. The lowest BCUT2D eigenvalue weighted by molar-refractivity contribution is 0.405. The summed E-state index contributed by atoms with van der Waals surface area (Å²) in [7, 11) is 1.73. The predicted molar refractivity (Wildman–Crippen MR) is 104 cm³/mol. The lowest BCUT2D eigenvalue weighted by atomic mass is 9.82. The second kappa shape index (κ2) is 6.13. The Balaban J connectivity index is 1.53. The summed E-state index contributed by atoms with van der Waals surface area (Å²) in [6.07, 6.45) is 4.50. The molecule has 1 fully saturated rings. The number of rotatable bonds is 4. The number of pyridine rings is 1. The summed E-state index contributed by atoms with van der Waals surface area (Å²) >= 11 is 0. The normalized spacial score (nSPS) is 14.7. The highest BCUT2D eigenvalue weighted by atomic mass is 16.5. The van der Waals surface area contributed by atoms with Gasteiger partial charge in [0.15, 0.2) is 5.65 Å². The van der Waals surface area contributed by atoms with Crippen molar-refractivity contribution >= 4 is 21.8 Å². The van der Waals surface area contributed by atoms with Crippen LogP contribution in [0.25, 0.3) is 21.8 Å². The molecule has 0 aliphatic heterocycles. The molecule has 4 heteroatoms. The molecule has 4 nitrogen and oxygen atoms in total. The van der Waals surface area contributed by atoms with Gasteiger partial charge in [-0.2, -0.15) is 5.10 Å². The van der Waals surface area contributed by atoms with Crippen molar-refractivity contribution in [2.24, 2.45) is 0 Å². The molecule has 1 N–H and O–H groups in total. The fraction of sp³-hybridized carbons (Fsp3) is 0.273. The standard InChI is InChI=1S/C22H21N3O/c1-26-19-13-18(12-14-9-10-15-5-2-3-6-17(15)11-14)23-22-20(19)21(24-25-22)16-7-4-8-16/h2-3,5-6,9-11,13,16H,4,7-8,12H2,1H3,(H,23,24,25). The average Bonchev–Trinajstić information content (AvgIpc) is 3.03. The number of H-pyrrole nitrogens is 1. The lowest BCUT2D eigenvalue weighted by Gasteiger charge is -2.24. The maximum absolute atomic E-state index is 5.69. The minimum atomic E-state index is 0.571. The molecule has 0 unspecified atom stereocenters. The maximum Gasteiger partial charge on any atom is 0.185 e. The Morgan fingerprint density at radius 3 is 2.69 bits per heavy atom. The van der Waals surface area contributed by atoms with E-state index in [4.69, 9.17) is 9.72 Å². The third-order valence-corrected chi connectivity index (χ3v) is 5.50. The molecule has 0 atom stereocenters. The molecular weight excluding hydrogens is 322 g/mol. The van der Waals surface area contributed by atoms with Crippen LogP contribution in [-0.2, 0) is 6.42 Å². The number of methoxy groups -OCH3 is 1. The highest BCUT2D eigenvalue weighted by Crippen LogP contribution is 2.41. The fourth-order valence-electron chi connectivity index (χ4n) is 3.86. The van der Waals surface area contributed by atoms with E-state index in [2.05, 4.69) is 58.7 Å². The first-order valence-electron chi connectivity index (χ1n) is 9.21. The zero-order chi connectivity index (χ0) is 17.5. The van der Waals surface area contributed by atoms with Crippen molar-refractivity contribution in [2.45, 2.75) is 31.6 Å². The van der Waals surface area contributed by atoms with Crippen molar-refractivity contribution in [1.82, 2.24) is 15.2 Å². The zero-order valence-corrected chi connectivity index (χ0v) is 14.8. The second-order valence-electron chi connectivity index (χ2n) is 7.14. The van der Waals surface area contributed by atoms with Gasteiger partial charge in [0.05, 0.1) is 23.9 Å². The van der Waals surface area contributed by atoms with Crippen molar-refractivity contribution in [3.8, 4) is 5.75 Å².